The van der Waals surface area contributed by atoms with Gasteiger partial charge >= 0.3 is 0 Å². The van der Waals surface area contributed by atoms with Gasteiger partial charge < -0.3 is 5.11 Å². The first-order chi connectivity index (χ1) is 18.0. The second kappa shape index (κ2) is 12.0. The summed E-state index contributed by atoms with van der Waals surface area (Å²) in [6.07, 6.45) is 3.04. The first-order valence-electron chi connectivity index (χ1n) is 12.6. The molecule has 0 unspecified atom stereocenters. The van der Waals surface area contributed by atoms with Crippen molar-refractivity contribution in [3.05, 3.63) is 95.9 Å². The van der Waals surface area contributed by atoms with Gasteiger partial charge in [0.1, 0.15) is 0 Å². The number of aryl methyl sites for hydroxylation is 1. The summed E-state index contributed by atoms with van der Waals surface area (Å²) in [5.41, 5.74) is 3.77. The Bertz CT molecular complexity index is 1780. The topological polar surface area (TPSA) is 74.0 Å². The average molecular weight is 708 g/mol. The second-order valence-corrected chi connectivity index (χ2v) is 15.6. The molecule has 0 amide bonds. The van der Waals surface area contributed by atoms with Crippen LogP contribution in [0, 0.1) is 24.3 Å². The molecular weight excluding hydrogens is 677 g/mol. The van der Waals surface area contributed by atoms with Gasteiger partial charge in [-0.2, -0.15) is 5.26 Å². The standard InChI is InChI=1S/C28H23N2Si.C5H8O2.Ir/c1-18-22-9-10-26-25(24(22)11-12-27(18)31(2,3)4)13-14-30-28(26)20-15-19-7-5-6-8-23(19)21(16-20)17-29;1-4(6)3-5(2)7;/h5-14,16H,1-4H3;3,6H,1-2H3;/q-1;;/b;4-3-;. The van der Waals surface area contributed by atoms with E-state index >= 15 is 0 Å². The number of carbonyl (C=O) groups excluding carboxylic acids is 1. The SMILES string of the molecule is CC(=O)/C=C(/C)O.Cc1c([Si](C)(C)C)ccc2c1ccc1c(-c3[c-]c4ccccc4c(C#N)c3)nccc12.[Ir]. The van der Waals surface area contributed by atoms with Crippen LogP contribution in [0.25, 0.3) is 43.6 Å². The van der Waals surface area contributed by atoms with Gasteiger partial charge in [-0.1, -0.05) is 78.2 Å². The number of hydrogen-bond acceptors (Lipinski definition) is 4. The normalized spacial score (nSPS) is 11.5. The number of allylic oxidation sites excluding steroid dienone is 2. The fraction of sp³-hybridized carbons (Fsp3) is 0.182. The van der Waals surface area contributed by atoms with Crippen molar-refractivity contribution in [1.82, 2.24) is 4.98 Å². The van der Waals surface area contributed by atoms with Gasteiger partial charge in [0.05, 0.1) is 19.9 Å². The summed E-state index contributed by atoms with van der Waals surface area (Å²) in [5.74, 6) is -0.0625. The number of aliphatic hydroxyl groups excluding tert-OH is 1. The van der Waals surface area contributed by atoms with Gasteiger partial charge in [-0.05, 0) is 59.5 Å². The maximum Gasteiger partial charge on any atom is 0.155 e. The van der Waals surface area contributed by atoms with E-state index in [0.717, 1.165) is 27.4 Å². The number of pyridine rings is 1. The molecule has 1 heterocycles. The van der Waals surface area contributed by atoms with Gasteiger partial charge in [0, 0.05) is 38.1 Å². The van der Waals surface area contributed by atoms with Crippen LogP contribution >= 0.6 is 0 Å². The van der Waals surface area contributed by atoms with E-state index in [2.05, 4.69) is 69.0 Å². The molecule has 0 aliphatic heterocycles. The molecule has 0 saturated carbocycles. The molecule has 0 fully saturated rings. The molecule has 199 valence electrons. The Morgan fingerprint density at radius 3 is 2.21 bits per heavy atom. The number of nitriles is 1. The van der Waals surface area contributed by atoms with Crippen LogP contribution in [-0.4, -0.2) is 23.9 Å². The number of hydrogen-bond donors (Lipinski definition) is 1. The fourth-order valence-corrected chi connectivity index (χ4v) is 6.84. The number of fused-ring (bicyclic) bond motifs is 4. The predicted octanol–water partition coefficient (Wildman–Crippen LogP) is 7.77. The van der Waals surface area contributed by atoms with Crippen molar-refractivity contribution >= 4 is 51.4 Å². The van der Waals surface area contributed by atoms with Crippen LogP contribution in [0.15, 0.2) is 78.7 Å². The fourth-order valence-electron chi connectivity index (χ4n) is 4.99. The van der Waals surface area contributed by atoms with Gasteiger partial charge in [-0.25, -0.2) is 0 Å². The third-order valence-electron chi connectivity index (χ3n) is 6.58. The third kappa shape index (κ3) is 6.34. The molecule has 0 aliphatic rings. The first kappa shape index (κ1) is 29.9. The Morgan fingerprint density at radius 2 is 1.59 bits per heavy atom. The van der Waals surface area contributed by atoms with Gasteiger partial charge in [-0.15, -0.1) is 23.6 Å². The Kier molecular flexibility index (Phi) is 9.25. The quantitative estimate of drug-likeness (QED) is 0.0684. The second-order valence-electron chi connectivity index (χ2n) is 10.6. The van der Waals surface area contributed by atoms with Crippen LogP contribution in [-0.2, 0) is 24.9 Å². The first-order valence-corrected chi connectivity index (χ1v) is 16.1. The summed E-state index contributed by atoms with van der Waals surface area (Å²) in [5, 5.41) is 26.3. The number of aromatic nitrogens is 1. The number of benzene rings is 4. The van der Waals surface area contributed by atoms with Crippen LogP contribution in [0.4, 0.5) is 0 Å². The van der Waals surface area contributed by atoms with Gasteiger partial charge in [0.2, 0.25) is 0 Å². The molecule has 0 saturated heterocycles. The van der Waals surface area contributed by atoms with E-state index < -0.39 is 8.07 Å². The zero-order valence-corrected chi connectivity index (χ0v) is 26.4. The Balaban J connectivity index is 0.000000468. The Hall–Kier alpha value is -3.62. The molecular formula is C33H31IrN2O2Si-. The van der Waals surface area contributed by atoms with Crippen LogP contribution in [0.5, 0.6) is 0 Å². The van der Waals surface area contributed by atoms with Gasteiger partial charge in [0.25, 0.3) is 0 Å². The minimum Gasteiger partial charge on any atom is -0.512 e. The van der Waals surface area contributed by atoms with Crippen molar-refractivity contribution in [2.45, 2.75) is 40.4 Å². The predicted molar refractivity (Wildman–Crippen MR) is 161 cm³/mol. The molecule has 39 heavy (non-hydrogen) atoms. The number of rotatable bonds is 3. The zero-order chi connectivity index (χ0) is 27.6. The molecule has 0 atom stereocenters. The van der Waals surface area contributed by atoms with Crippen LogP contribution in [0.2, 0.25) is 19.6 Å². The monoisotopic (exact) mass is 708 g/mol. The molecule has 1 aromatic heterocycles. The van der Waals surface area contributed by atoms with Crippen molar-refractivity contribution in [2.24, 2.45) is 0 Å². The molecule has 5 aromatic rings. The van der Waals surface area contributed by atoms with E-state index in [-0.39, 0.29) is 31.6 Å². The number of nitrogens with zero attached hydrogens (tertiary/aromatic N) is 2. The van der Waals surface area contributed by atoms with Crippen molar-refractivity contribution in [2.75, 3.05) is 0 Å². The summed E-state index contributed by atoms with van der Waals surface area (Å²) in [6, 6.07) is 26.7. The average Bonchev–Trinajstić information content (AvgIpc) is 2.86. The molecule has 1 radical (unpaired) electrons. The number of ketones is 1. The van der Waals surface area contributed by atoms with Crippen molar-refractivity contribution < 1.29 is 30.0 Å². The Morgan fingerprint density at radius 1 is 0.949 bits per heavy atom. The van der Waals surface area contributed by atoms with E-state index in [0.29, 0.717) is 5.56 Å². The number of carbonyl (C=O) groups is 1. The van der Waals surface area contributed by atoms with E-state index in [9.17, 15) is 10.1 Å². The van der Waals surface area contributed by atoms with Gasteiger partial charge in [-0.3, -0.25) is 9.78 Å². The van der Waals surface area contributed by atoms with Crippen molar-refractivity contribution in [1.29, 1.82) is 5.26 Å². The molecule has 4 nitrogen and oxygen atoms in total. The summed E-state index contributed by atoms with van der Waals surface area (Å²) in [4.78, 5) is 14.7. The van der Waals surface area contributed by atoms with E-state index in [1.54, 1.807) is 0 Å². The zero-order valence-electron chi connectivity index (χ0n) is 23.0. The van der Waals surface area contributed by atoms with Crippen molar-refractivity contribution in [3.8, 4) is 17.3 Å². The van der Waals surface area contributed by atoms with Gasteiger partial charge in [0.15, 0.2) is 5.78 Å². The van der Waals surface area contributed by atoms with Crippen LogP contribution < -0.4 is 5.19 Å². The molecule has 0 bridgehead atoms. The summed E-state index contributed by atoms with van der Waals surface area (Å²) in [7, 11) is -1.41. The summed E-state index contributed by atoms with van der Waals surface area (Å²) >= 11 is 0. The van der Waals surface area contributed by atoms with E-state index in [4.69, 9.17) is 10.1 Å². The van der Waals surface area contributed by atoms with Crippen molar-refractivity contribution in [3.63, 3.8) is 0 Å². The van der Waals surface area contributed by atoms with E-state index in [1.165, 1.54) is 46.8 Å². The number of aliphatic hydroxyl groups is 1. The largest absolute Gasteiger partial charge is 0.512 e. The summed E-state index contributed by atoms with van der Waals surface area (Å²) < 4.78 is 0. The molecule has 6 heteroatoms. The van der Waals surface area contributed by atoms with E-state index in [1.807, 2.05) is 36.5 Å². The molecule has 4 aromatic carbocycles. The minimum atomic E-state index is -1.41. The van der Waals surface area contributed by atoms with Crippen LogP contribution in [0.1, 0.15) is 25.0 Å². The molecule has 1 N–H and O–H groups in total. The third-order valence-corrected chi connectivity index (χ3v) is 8.74. The smallest absolute Gasteiger partial charge is 0.155 e. The molecule has 0 aliphatic carbocycles. The molecule has 0 spiro atoms. The molecule has 5 rings (SSSR count). The summed E-state index contributed by atoms with van der Waals surface area (Å²) in [6.45, 7) is 12.3. The Labute approximate surface area is 244 Å². The van der Waals surface area contributed by atoms with Crippen LogP contribution in [0.3, 0.4) is 0 Å². The maximum absolute atomic E-state index is 10.0. The maximum atomic E-state index is 10.0. The minimum absolute atomic E-state index is 0.